The highest BCUT2D eigenvalue weighted by Crippen LogP contribution is 2.10. The van der Waals surface area contributed by atoms with Gasteiger partial charge in [-0.15, -0.1) is 0 Å². The first-order valence-electron chi connectivity index (χ1n) is 5.93. The lowest BCUT2D eigenvalue weighted by molar-refractivity contribution is -0.114. The summed E-state index contributed by atoms with van der Waals surface area (Å²) in [5.74, 6) is -0.275. The average Bonchev–Trinajstić information content (AvgIpc) is 2.89. The molecule has 0 aliphatic heterocycles. The molecule has 0 radical (unpaired) electrons. The van der Waals surface area contributed by atoms with E-state index in [1.165, 1.54) is 6.92 Å². The minimum atomic E-state index is -0.157. The second kappa shape index (κ2) is 5.86. The van der Waals surface area contributed by atoms with Crippen LogP contribution in [0.4, 0.5) is 5.69 Å². The van der Waals surface area contributed by atoms with E-state index in [9.17, 15) is 9.59 Å². The van der Waals surface area contributed by atoms with Crippen molar-refractivity contribution in [3.8, 4) is 0 Å². The van der Waals surface area contributed by atoms with E-state index in [1.807, 2.05) is 18.2 Å². The van der Waals surface area contributed by atoms with Crippen LogP contribution in [-0.2, 0) is 11.3 Å². The van der Waals surface area contributed by atoms with Gasteiger partial charge >= 0.3 is 0 Å². The smallest absolute Gasteiger partial charge is 0.267 e. The number of H-pyrrole nitrogens is 1. The van der Waals surface area contributed by atoms with Crippen LogP contribution in [0, 0.1) is 0 Å². The molecule has 1 heterocycles. The van der Waals surface area contributed by atoms with Gasteiger partial charge < -0.3 is 15.6 Å². The highest BCUT2D eigenvalue weighted by molar-refractivity contribution is 5.92. The van der Waals surface area contributed by atoms with Crippen LogP contribution < -0.4 is 10.6 Å². The highest BCUT2D eigenvalue weighted by Gasteiger charge is 2.05. The number of aromatic amines is 1. The van der Waals surface area contributed by atoms with Gasteiger partial charge in [-0.25, -0.2) is 0 Å². The maximum Gasteiger partial charge on any atom is 0.267 e. The van der Waals surface area contributed by atoms with E-state index in [0.29, 0.717) is 12.2 Å². The van der Waals surface area contributed by atoms with Crippen molar-refractivity contribution in [1.29, 1.82) is 0 Å². The summed E-state index contributed by atoms with van der Waals surface area (Å²) in [4.78, 5) is 25.5. The van der Waals surface area contributed by atoms with Crippen LogP contribution in [0.2, 0.25) is 0 Å². The quantitative estimate of drug-likeness (QED) is 0.782. The Morgan fingerprint density at radius 2 is 2.05 bits per heavy atom. The van der Waals surface area contributed by atoms with E-state index in [0.717, 1.165) is 11.3 Å². The maximum atomic E-state index is 11.7. The van der Waals surface area contributed by atoms with Gasteiger partial charge in [0.1, 0.15) is 5.69 Å². The van der Waals surface area contributed by atoms with Gasteiger partial charge in [0.15, 0.2) is 0 Å². The van der Waals surface area contributed by atoms with Crippen molar-refractivity contribution in [3.05, 3.63) is 53.9 Å². The predicted octanol–water partition coefficient (Wildman–Crippen LogP) is 1.90. The monoisotopic (exact) mass is 257 g/mol. The maximum absolute atomic E-state index is 11.7. The van der Waals surface area contributed by atoms with E-state index in [1.54, 1.807) is 24.4 Å². The van der Waals surface area contributed by atoms with E-state index >= 15 is 0 Å². The number of hydrogen-bond acceptors (Lipinski definition) is 2. The van der Waals surface area contributed by atoms with Crippen molar-refractivity contribution < 1.29 is 9.59 Å². The molecule has 19 heavy (non-hydrogen) atoms. The van der Waals surface area contributed by atoms with Crippen molar-refractivity contribution in [3.63, 3.8) is 0 Å². The molecule has 0 aliphatic rings. The number of hydrogen-bond donors (Lipinski definition) is 3. The molecule has 0 atom stereocenters. The summed E-state index contributed by atoms with van der Waals surface area (Å²) in [6, 6.07) is 10.8. The second-order valence-corrected chi connectivity index (χ2v) is 4.15. The summed E-state index contributed by atoms with van der Waals surface area (Å²) in [5, 5.41) is 5.50. The molecule has 2 rings (SSSR count). The fourth-order valence-electron chi connectivity index (χ4n) is 1.71. The Balaban J connectivity index is 1.96. The van der Waals surface area contributed by atoms with Crippen molar-refractivity contribution in [2.24, 2.45) is 0 Å². The van der Waals surface area contributed by atoms with Gasteiger partial charge in [-0.05, 0) is 29.8 Å². The van der Waals surface area contributed by atoms with Crippen LogP contribution in [0.15, 0.2) is 42.6 Å². The Hall–Kier alpha value is -2.56. The Kier molecular flexibility index (Phi) is 3.97. The standard InChI is InChI=1S/C14H15N3O2/c1-10(18)17-12-5-2-4-11(8-12)9-16-14(19)13-6-3-7-15-13/h2-8,15H,9H2,1H3,(H,16,19)(H,17,18). The molecule has 1 aromatic carbocycles. The van der Waals surface area contributed by atoms with Crippen molar-refractivity contribution in [2.45, 2.75) is 13.5 Å². The average molecular weight is 257 g/mol. The molecule has 0 spiro atoms. The molecule has 0 saturated carbocycles. The number of nitrogens with one attached hydrogen (secondary N) is 3. The minimum Gasteiger partial charge on any atom is -0.357 e. The molecule has 5 heteroatoms. The van der Waals surface area contributed by atoms with Crippen molar-refractivity contribution in [1.82, 2.24) is 10.3 Å². The molecule has 98 valence electrons. The van der Waals surface area contributed by atoms with Crippen molar-refractivity contribution >= 4 is 17.5 Å². The lowest BCUT2D eigenvalue weighted by Gasteiger charge is -2.07. The van der Waals surface area contributed by atoms with E-state index < -0.39 is 0 Å². The van der Waals surface area contributed by atoms with E-state index in [-0.39, 0.29) is 11.8 Å². The van der Waals surface area contributed by atoms with Gasteiger partial charge in [-0.3, -0.25) is 9.59 Å². The summed E-state index contributed by atoms with van der Waals surface area (Å²) in [5.41, 5.74) is 2.17. The molecule has 2 amide bonds. The molecular weight excluding hydrogens is 242 g/mol. The zero-order valence-electron chi connectivity index (χ0n) is 10.6. The number of amides is 2. The van der Waals surface area contributed by atoms with Crippen LogP contribution in [-0.4, -0.2) is 16.8 Å². The fraction of sp³-hybridized carbons (Fsp3) is 0.143. The minimum absolute atomic E-state index is 0.118. The molecule has 0 aliphatic carbocycles. The molecule has 3 N–H and O–H groups in total. The first-order chi connectivity index (χ1) is 9.15. The number of rotatable bonds is 4. The Labute approximate surface area is 111 Å². The van der Waals surface area contributed by atoms with Gasteiger partial charge in [0.25, 0.3) is 5.91 Å². The summed E-state index contributed by atoms with van der Waals surface area (Å²) in [7, 11) is 0. The van der Waals surface area contributed by atoms with Crippen molar-refractivity contribution in [2.75, 3.05) is 5.32 Å². The SMILES string of the molecule is CC(=O)Nc1cccc(CNC(=O)c2ccc[nH]2)c1. The Morgan fingerprint density at radius 1 is 1.21 bits per heavy atom. The largest absolute Gasteiger partial charge is 0.357 e. The fourth-order valence-corrected chi connectivity index (χ4v) is 1.71. The summed E-state index contributed by atoms with van der Waals surface area (Å²) >= 11 is 0. The van der Waals surface area contributed by atoms with E-state index in [4.69, 9.17) is 0 Å². The molecule has 2 aromatic rings. The third kappa shape index (κ3) is 3.70. The van der Waals surface area contributed by atoms with Crippen LogP contribution in [0.1, 0.15) is 23.0 Å². The van der Waals surface area contributed by atoms with E-state index in [2.05, 4.69) is 15.6 Å². The Bertz CT molecular complexity index is 576. The van der Waals surface area contributed by atoms with Gasteiger partial charge in [0, 0.05) is 25.4 Å². The van der Waals surface area contributed by atoms with Gasteiger partial charge in [0.2, 0.25) is 5.91 Å². The zero-order valence-corrected chi connectivity index (χ0v) is 10.6. The first-order valence-corrected chi connectivity index (χ1v) is 5.93. The molecule has 0 bridgehead atoms. The first kappa shape index (κ1) is 12.9. The lowest BCUT2D eigenvalue weighted by atomic mass is 10.2. The molecule has 0 saturated heterocycles. The van der Waals surface area contributed by atoms with Crippen LogP contribution in [0.5, 0.6) is 0 Å². The molecule has 1 aromatic heterocycles. The van der Waals surface area contributed by atoms with Crippen LogP contribution in [0.3, 0.4) is 0 Å². The highest BCUT2D eigenvalue weighted by atomic mass is 16.2. The third-order valence-electron chi connectivity index (χ3n) is 2.54. The number of benzene rings is 1. The molecule has 5 nitrogen and oxygen atoms in total. The number of carbonyl (C=O) groups is 2. The summed E-state index contributed by atoms with van der Waals surface area (Å²) < 4.78 is 0. The normalized spacial score (nSPS) is 9.95. The molecule has 0 fully saturated rings. The number of carbonyl (C=O) groups excluding carboxylic acids is 2. The van der Waals surface area contributed by atoms with Crippen LogP contribution >= 0.6 is 0 Å². The zero-order chi connectivity index (χ0) is 13.7. The second-order valence-electron chi connectivity index (χ2n) is 4.15. The van der Waals surface area contributed by atoms with Gasteiger partial charge in [-0.2, -0.15) is 0 Å². The predicted molar refractivity (Wildman–Crippen MR) is 72.7 cm³/mol. The lowest BCUT2D eigenvalue weighted by Crippen LogP contribution is -2.23. The van der Waals surface area contributed by atoms with Crippen LogP contribution in [0.25, 0.3) is 0 Å². The summed E-state index contributed by atoms with van der Waals surface area (Å²) in [6.45, 7) is 1.87. The topological polar surface area (TPSA) is 74.0 Å². The Morgan fingerprint density at radius 3 is 2.74 bits per heavy atom. The third-order valence-corrected chi connectivity index (χ3v) is 2.54. The summed E-state index contributed by atoms with van der Waals surface area (Å²) in [6.07, 6.45) is 1.70. The number of aromatic nitrogens is 1. The van der Waals surface area contributed by atoms with Gasteiger partial charge in [-0.1, -0.05) is 12.1 Å². The number of anilines is 1. The van der Waals surface area contributed by atoms with Gasteiger partial charge in [0.05, 0.1) is 0 Å². The molecule has 0 unspecified atom stereocenters. The molecular formula is C14H15N3O2.